The van der Waals surface area contributed by atoms with Gasteiger partial charge in [0.25, 0.3) is 5.56 Å². The van der Waals surface area contributed by atoms with Crippen molar-refractivity contribution in [2.45, 2.75) is 19.6 Å². The van der Waals surface area contributed by atoms with Crippen LogP contribution in [0.15, 0.2) is 59.5 Å². The Morgan fingerprint density at radius 1 is 1.25 bits per heavy atom. The third kappa shape index (κ3) is 3.75. The van der Waals surface area contributed by atoms with Gasteiger partial charge < -0.3 is 10.0 Å². The summed E-state index contributed by atoms with van der Waals surface area (Å²) in [6, 6.07) is 14.7. The van der Waals surface area contributed by atoms with Crippen molar-refractivity contribution in [1.82, 2.24) is 9.38 Å². The maximum Gasteiger partial charge on any atom is 0.258 e. The van der Waals surface area contributed by atoms with Crippen LogP contribution in [0, 0.1) is 0 Å². The highest BCUT2D eigenvalue weighted by Gasteiger charge is 2.12. The fourth-order valence-corrected chi connectivity index (χ4v) is 2.78. The minimum atomic E-state index is -0.495. The topological polar surface area (TPSA) is 57.8 Å². The molecule has 6 heteroatoms. The van der Waals surface area contributed by atoms with Crippen molar-refractivity contribution in [2.24, 2.45) is 0 Å². The van der Waals surface area contributed by atoms with E-state index < -0.39 is 6.10 Å². The second-order valence-electron chi connectivity index (χ2n) is 5.73. The predicted octanol–water partition coefficient (Wildman–Crippen LogP) is 2.74. The van der Waals surface area contributed by atoms with E-state index in [2.05, 4.69) is 4.98 Å². The number of hydrogen-bond acceptors (Lipinski definition) is 4. The molecule has 124 valence electrons. The molecule has 24 heavy (non-hydrogen) atoms. The van der Waals surface area contributed by atoms with Gasteiger partial charge in [-0.1, -0.05) is 29.8 Å². The first kappa shape index (κ1) is 16.5. The van der Waals surface area contributed by atoms with E-state index in [9.17, 15) is 9.90 Å². The molecule has 1 N–H and O–H groups in total. The van der Waals surface area contributed by atoms with Crippen molar-refractivity contribution in [3.8, 4) is 0 Å². The fourth-order valence-electron chi connectivity index (χ4n) is 2.62. The number of rotatable bonds is 5. The van der Waals surface area contributed by atoms with E-state index in [1.807, 2.05) is 35.2 Å². The molecule has 0 bridgehead atoms. The Morgan fingerprint density at radius 3 is 2.71 bits per heavy atom. The van der Waals surface area contributed by atoms with Crippen molar-refractivity contribution in [3.05, 3.63) is 75.8 Å². The Morgan fingerprint density at radius 2 is 2.00 bits per heavy atom. The molecule has 1 aromatic carbocycles. The molecule has 3 rings (SSSR count). The lowest BCUT2D eigenvalue weighted by Crippen LogP contribution is -2.31. The number of pyridine rings is 1. The van der Waals surface area contributed by atoms with Gasteiger partial charge in [-0.3, -0.25) is 9.20 Å². The number of anilines is 1. The minimum absolute atomic E-state index is 0.178. The lowest BCUT2D eigenvalue weighted by atomic mass is 10.2. The van der Waals surface area contributed by atoms with Crippen molar-refractivity contribution >= 4 is 22.9 Å². The Bertz CT molecular complexity index is 894. The average Bonchev–Trinajstić information content (AvgIpc) is 2.55. The molecule has 0 saturated carbocycles. The van der Waals surface area contributed by atoms with E-state index in [-0.39, 0.29) is 5.56 Å². The Labute approximate surface area is 144 Å². The maximum absolute atomic E-state index is 12.3. The van der Waals surface area contributed by atoms with Crippen LogP contribution in [-0.4, -0.2) is 27.1 Å². The van der Waals surface area contributed by atoms with E-state index in [0.29, 0.717) is 29.5 Å². The maximum atomic E-state index is 12.3. The SMILES string of the molecule is C[C@@H](O)CN(Cc1cc(=O)n2cc(Cl)ccc2n1)c1ccccc1. The summed E-state index contributed by atoms with van der Waals surface area (Å²) >= 11 is 5.93. The van der Waals surface area contributed by atoms with Crippen LogP contribution in [0.1, 0.15) is 12.6 Å². The highest BCUT2D eigenvalue weighted by atomic mass is 35.5. The third-order valence-corrected chi connectivity index (χ3v) is 3.86. The van der Waals surface area contributed by atoms with Crippen LogP contribution >= 0.6 is 11.6 Å². The molecule has 0 aliphatic rings. The number of aliphatic hydroxyl groups is 1. The van der Waals surface area contributed by atoms with Gasteiger partial charge in [0.05, 0.1) is 23.4 Å². The first-order chi connectivity index (χ1) is 11.5. The number of benzene rings is 1. The van der Waals surface area contributed by atoms with Crippen molar-refractivity contribution in [1.29, 1.82) is 0 Å². The third-order valence-electron chi connectivity index (χ3n) is 3.64. The zero-order valence-corrected chi connectivity index (χ0v) is 14.0. The van der Waals surface area contributed by atoms with Gasteiger partial charge in [-0.2, -0.15) is 0 Å². The number of halogens is 1. The van der Waals surface area contributed by atoms with E-state index in [1.165, 1.54) is 10.5 Å². The fraction of sp³-hybridized carbons (Fsp3) is 0.222. The molecule has 0 saturated heterocycles. The summed E-state index contributed by atoms with van der Waals surface area (Å²) < 4.78 is 1.42. The average molecular weight is 344 g/mol. The second-order valence-corrected chi connectivity index (χ2v) is 6.16. The molecule has 0 spiro atoms. The van der Waals surface area contributed by atoms with Gasteiger partial charge in [0.1, 0.15) is 5.65 Å². The van der Waals surface area contributed by atoms with Gasteiger partial charge in [0, 0.05) is 24.5 Å². The molecular formula is C18H18ClN3O2. The van der Waals surface area contributed by atoms with E-state index >= 15 is 0 Å². The molecule has 0 unspecified atom stereocenters. The van der Waals surface area contributed by atoms with Crippen molar-refractivity contribution < 1.29 is 5.11 Å². The van der Waals surface area contributed by atoms with E-state index in [1.54, 1.807) is 25.3 Å². The number of fused-ring (bicyclic) bond motifs is 1. The van der Waals surface area contributed by atoms with Crippen LogP contribution in [0.2, 0.25) is 5.02 Å². The van der Waals surface area contributed by atoms with Gasteiger partial charge in [-0.05, 0) is 31.2 Å². The summed E-state index contributed by atoms with van der Waals surface area (Å²) in [5.41, 5.74) is 1.98. The normalized spacial score (nSPS) is 12.3. The van der Waals surface area contributed by atoms with Crippen LogP contribution < -0.4 is 10.5 Å². The summed E-state index contributed by atoms with van der Waals surface area (Å²) in [6.07, 6.45) is 1.06. The molecule has 0 radical (unpaired) electrons. The van der Waals surface area contributed by atoms with Crippen molar-refractivity contribution in [2.75, 3.05) is 11.4 Å². The lowest BCUT2D eigenvalue weighted by molar-refractivity contribution is 0.199. The van der Waals surface area contributed by atoms with Crippen LogP contribution in [0.5, 0.6) is 0 Å². The summed E-state index contributed by atoms with van der Waals surface area (Å²) in [6.45, 7) is 2.62. The van der Waals surface area contributed by atoms with Gasteiger partial charge >= 0.3 is 0 Å². The van der Waals surface area contributed by atoms with Gasteiger partial charge in [0.2, 0.25) is 0 Å². The molecule has 0 aliphatic carbocycles. The standard InChI is InChI=1S/C18H18ClN3O2/c1-13(23)10-21(16-5-3-2-4-6-16)12-15-9-18(24)22-11-14(19)7-8-17(22)20-15/h2-9,11,13,23H,10,12H2,1H3/t13-/m1/s1. The Hall–Kier alpha value is -2.37. The number of aromatic nitrogens is 2. The van der Waals surface area contributed by atoms with Gasteiger partial charge in [0.15, 0.2) is 0 Å². The molecule has 0 amide bonds. The Kier molecular flexibility index (Phi) is 4.83. The molecular weight excluding hydrogens is 326 g/mol. The van der Waals surface area contributed by atoms with Crippen LogP contribution in [0.3, 0.4) is 0 Å². The van der Waals surface area contributed by atoms with Crippen LogP contribution in [0.25, 0.3) is 5.65 Å². The van der Waals surface area contributed by atoms with E-state index in [0.717, 1.165) is 5.69 Å². The highest BCUT2D eigenvalue weighted by molar-refractivity contribution is 6.30. The molecule has 2 aromatic heterocycles. The molecule has 1 atom stereocenters. The smallest absolute Gasteiger partial charge is 0.258 e. The largest absolute Gasteiger partial charge is 0.392 e. The lowest BCUT2D eigenvalue weighted by Gasteiger charge is -2.26. The summed E-state index contributed by atoms with van der Waals surface area (Å²) in [4.78, 5) is 18.8. The van der Waals surface area contributed by atoms with Gasteiger partial charge in [-0.25, -0.2) is 4.98 Å². The molecule has 2 heterocycles. The zero-order valence-electron chi connectivity index (χ0n) is 13.3. The summed E-state index contributed by atoms with van der Waals surface area (Å²) in [5, 5.41) is 10.3. The first-order valence-electron chi connectivity index (χ1n) is 7.69. The first-order valence-corrected chi connectivity index (χ1v) is 8.06. The Balaban J connectivity index is 1.96. The van der Waals surface area contributed by atoms with Gasteiger partial charge in [-0.15, -0.1) is 0 Å². The number of para-hydroxylation sites is 1. The minimum Gasteiger partial charge on any atom is -0.392 e. The summed E-state index contributed by atoms with van der Waals surface area (Å²) in [7, 11) is 0. The molecule has 0 fully saturated rings. The molecule has 0 aliphatic heterocycles. The van der Waals surface area contributed by atoms with Crippen LogP contribution in [0.4, 0.5) is 5.69 Å². The van der Waals surface area contributed by atoms with E-state index in [4.69, 9.17) is 11.6 Å². The summed E-state index contributed by atoms with van der Waals surface area (Å²) in [5.74, 6) is 0. The monoisotopic (exact) mass is 343 g/mol. The quantitative estimate of drug-likeness (QED) is 0.774. The second kappa shape index (κ2) is 7.03. The van der Waals surface area contributed by atoms with Crippen LogP contribution in [-0.2, 0) is 6.54 Å². The highest BCUT2D eigenvalue weighted by Crippen LogP contribution is 2.17. The molecule has 5 nitrogen and oxygen atoms in total. The predicted molar refractivity (Wildman–Crippen MR) is 95.6 cm³/mol. The molecule has 3 aromatic rings. The van der Waals surface area contributed by atoms with Crippen molar-refractivity contribution in [3.63, 3.8) is 0 Å². The number of aliphatic hydroxyl groups excluding tert-OH is 1. The number of hydrogen-bond donors (Lipinski definition) is 1. The zero-order chi connectivity index (χ0) is 17.1. The number of nitrogens with zero attached hydrogens (tertiary/aromatic N) is 3.